The van der Waals surface area contributed by atoms with Crippen molar-refractivity contribution in [3.8, 4) is 0 Å². The Balaban J connectivity index is 2.12. The van der Waals surface area contributed by atoms with Crippen molar-refractivity contribution in [2.45, 2.75) is 40.3 Å². The summed E-state index contributed by atoms with van der Waals surface area (Å²) in [5, 5.41) is 3.27. The van der Waals surface area contributed by atoms with Crippen LogP contribution in [0.3, 0.4) is 0 Å². The molecular formula is C13H25N3O. The average Bonchev–Trinajstić information content (AvgIpc) is 2.73. The number of hydrogen-bond acceptors (Lipinski definition) is 3. The van der Waals surface area contributed by atoms with Gasteiger partial charge in [-0.25, -0.2) is 4.98 Å². The molecule has 4 nitrogen and oxygen atoms in total. The maximum atomic E-state index is 5.54. The summed E-state index contributed by atoms with van der Waals surface area (Å²) in [6, 6.07) is 0. The minimum atomic E-state index is 0.620. The Morgan fingerprint density at radius 1 is 1.47 bits per heavy atom. The predicted molar refractivity (Wildman–Crippen MR) is 69.9 cm³/mol. The molecule has 1 rings (SSSR count). The second-order valence-corrected chi connectivity index (χ2v) is 4.71. The number of aryl methyl sites for hydroxylation is 1. The lowest BCUT2D eigenvalue weighted by Crippen LogP contribution is -2.11. The number of imidazole rings is 1. The van der Waals surface area contributed by atoms with Gasteiger partial charge in [-0.05, 0) is 18.9 Å². The summed E-state index contributed by atoms with van der Waals surface area (Å²) in [6.07, 6.45) is 5.05. The summed E-state index contributed by atoms with van der Waals surface area (Å²) in [4.78, 5) is 4.34. The van der Waals surface area contributed by atoms with E-state index in [1.54, 1.807) is 0 Å². The predicted octanol–water partition coefficient (Wildman–Crippen LogP) is 2.06. The zero-order valence-corrected chi connectivity index (χ0v) is 11.3. The molecule has 1 heterocycles. The van der Waals surface area contributed by atoms with Crippen LogP contribution in [0.1, 0.15) is 32.9 Å². The Labute approximate surface area is 104 Å². The van der Waals surface area contributed by atoms with Crippen molar-refractivity contribution in [3.63, 3.8) is 0 Å². The summed E-state index contributed by atoms with van der Waals surface area (Å²) in [5.41, 5.74) is 1.11. The Bertz CT molecular complexity index is 297. The van der Waals surface area contributed by atoms with E-state index in [1.807, 2.05) is 6.33 Å². The van der Waals surface area contributed by atoms with Crippen LogP contribution in [-0.2, 0) is 17.8 Å². The Morgan fingerprint density at radius 2 is 2.29 bits per heavy atom. The van der Waals surface area contributed by atoms with E-state index in [-0.39, 0.29) is 0 Å². The molecule has 0 saturated carbocycles. The highest BCUT2D eigenvalue weighted by molar-refractivity contribution is 4.95. The highest BCUT2D eigenvalue weighted by Gasteiger charge is 1.98. The lowest BCUT2D eigenvalue weighted by Gasteiger charge is -2.06. The molecule has 1 N–H and O–H groups in total. The van der Waals surface area contributed by atoms with Crippen molar-refractivity contribution >= 4 is 0 Å². The molecule has 0 unspecified atom stereocenters. The smallest absolute Gasteiger partial charge is 0.0949 e. The van der Waals surface area contributed by atoms with Gasteiger partial charge in [0, 0.05) is 32.5 Å². The first kappa shape index (κ1) is 14.2. The average molecular weight is 239 g/mol. The van der Waals surface area contributed by atoms with Gasteiger partial charge in [0.15, 0.2) is 0 Å². The highest BCUT2D eigenvalue weighted by atomic mass is 16.5. The van der Waals surface area contributed by atoms with Crippen molar-refractivity contribution in [2.75, 3.05) is 19.8 Å². The van der Waals surface area contributed by atoms with Gasteiger partial charge < -0.3 is 14.6 Å². The van der Waals surface area contributed by atoms with Gasteiger partial charge in [-0.1, -0.05) is 20.8 Å². The SMILES string of the molecule is CCNCc1cn(CCCOCC(C)C)cn1. The molecule has 0 amide bonds. The second kappa shape index (κ2) is 8.25. The van der Waals surface area contributed by atoms with E-state index < -0.39 is 0 Å². The van der Waals surface area contributed by atoms with Crippen molar-refractivity contribution < 1.29 is 4.74 Å². The molecule has 1 aromatic heterocycles. The molecule has 4 heteroatoms. The van der Waals surface area contributed by atoms with Gasteiger partial charge in [0.25, 0.3) is 0 Å². The number of aromatic nitrogens is 2. The van der Waals surface area contributed by atoms with E-state index in [0.717, 1.165) is 45.0 Å². The largest absolute Gasteiger partial charge is 0.381 e. The summed E-state index contributed by atoms with van der Waals surface area (Å²) in [5.74, 6) is 0.620. The van der Waals surface area contributed by atoms with Gasteiger partial charge in [0.2, 0.25) is 0 Å². The van der Waals surface area contributed by atoms with Gasteiger partial charge in [0.1, 0.15) is 0 Å². The third-order valence-corrected chi connectivity index (χ3v) is 2.40. The van der Waals surface area contributed by atoms with Gasteiger partial charge in [0.05, 0.1) is 12.0 Å². The van der Waals surface area contributed by atoms with Crippen LogP contribution in [0.2, 0.25) is 0 Å². The fourth-order valence-corrected chi connectivity index (χ4v) is 1.54. The number of ether oxygens (including phenoxy) is 1. The molecule has 0 spiro atoms. The molecule has 1 aromatic rings. The minimum Gasteiger partial charge on any atom is -0.381 e. The molecule has 0 fully saturated rings. The summed E-state index contributed by atoms with van der Waals surface area (Å²) >= 11 is 0. The Hall–Kier alpha value is -0.870. The molecular weight excluding hydrogens is 214 g/mol. The topological polar surface area (TPSA) is 39.1 Å². The third-order valence-electron chi connectivity index (χ3n) is 2.40. The van der Waals surface area contributed by atoms with Crippen molar-refractivity contribution in [3.05, 3.63) is 18.2 Å². The molecule has 0 bridgehead atoms. The van der Waals surface area contributed by atoms with Crippen molar-refractivity contribution in [2.24, 2.45) is 5.92 Å². The fourth-order valence-electron chi connectivity index (χ4n) is 1.54. The van der Waals surface area contributed by atoms with Crippen LogP contribution in [0, 0.1) is 5.92 Å². The lowest BCUT2D eigenvalue weighted by atomic mass is 10.2. The zero-order chi connectivity index (χ0) is 12.5. The quantitative estimate of drug-likeness (QED) is 0.670. The zero-order valence-electron chi connectivity index (χ0n) is 11.3. The standard InChI is InChI=1S/C13H25N3O/c1-4-14-8-13-9-16(11-15-13)6-5-7-17-10-12(2)3/h9,11-12,14H,4-8,10H2,1-3H3. The maximum Gasteiger partial charge on any atom is 0.0949 e. The molecule has 0 aromatic carbocycles. The molecule has 17 heavy (non-hydrogen) atoms. The molecule has 0 aliphatic rings. The number of nitrogens with zero attached hydrogens (tertiary/aromatic N) is 2. The van der Waals surface area contributed by atoms with E-state index in [0.29, 0.717) is 5.92 Å². The van der Waals surface area contributed by atoms with Gasteiger partial charge in [-0.3, -0.25) is 0 Å². The van der Waals surface area contributed by atoms with Crippen LogP contribution in [-0.4, -0.2) is 29.3 Å². The molecule has 0 saturated heterocycles. The molecule has 0 aliphatic heterocycles. The summed E-state index contributed by atoms with van der Waals surface area (Å²) in [7, 11) is 0. The van der Waals surface area contributed by atoms with Gasteiger partial charge in [-0.15, -0.1) is 0 Å². The maximum absolute atomic E-state index is 5.54. The first-order valence-corrected chi connectivity index (χ1v) is 6.51. The van der Waals surface area contributed by atoms with Crippen molar-refractivity contribution in [1.82, 2.24) is 14.9 Å². The summed E-state index contributed by atoms with van der Waals surface area (Å²) < 4.78 is 7.67. The first-order chi connectivity index (χ1) is 8.22. The van der Waals surface area contributed by atoms with Crippen LogP contribution in [0.4, 0.5) is 0 Å². The number of hydrogen-bond donors (Lipinski definition) is 1. The van der Waals surface area contributed by atoms with Crippen LogP contribution < -0.4 is 5.32 Å². The van der Waals surface area contributed by atoms with Crippen LogP contribution in [0.15, 0.2) is 12.5 Å². The fraction of sp³-hybridized carbons (Fsp3) is 0.769. The summed E-state index contributed by atoms with van der Waals surface area (Å²) in [6.45, 7) is 10.9. The number of rotatable bonds is 9. The molecule has 0 atom stereocenters. The van der Waals surface area contributed by atoms with E-state index in [1.165, 1.54) is 0 Å². The van der Waals surface area contributed by atoms with E-state index in [4.69, 9.17) is 4.74 Å². The Kier molecular flexibility index (Phi) is 6.89. The van der Waals surface area contributed by atoms with Crippen LogP contribution >= 0.6 is 0 Å². The van der Waals surface area contributed by atoms with E-state index in [2.05, 4.69) is 41.8 Å². The lowest BCUT2D eigenvalue weighted by molar-refractivity contribution is 0.105. The first-order valence-electron chi connectivity index (χ1n) is 6.51. The number of nitrogens with one attached hydrogen (secondary N) is 1. The molecule has 0 aliphatic carbocycles. The molecule has 0 radical (unpaired) electrons. The second-order valence-electron chi connectivity index (χ2n) is 4.71. The van der Waals surface area contributed by atoms with Crippen LogP contribution in [0.5, 0.6) is 0 Å². The molecule has 98 valence electrons. The highest BCUT2D eigenvalue weighted by Crippen LogP contribution is 1.99. The monoisotopic (exact) mass is 239 g/mol. The van der Waals surface area contributed by atoms with E-state index in [9.17, 15) is 0 Å². The van der Waals surface area contributed by atoms with Gasteiger partial charge in [-0.2, -0.15) is 0 Å². The van der Waals surface area contributed by atoms with Crippen LogP contribution in [0.25, 0.3) is 0 Å². The van der Waals surface area contributed by atoms with Crippen molar-refractivity contribution in [1.29, 1.82) is 0 Å². The normalized spacial score (nSPS) is 11.3. The van der Waals surface area contributed by atoms with Gasteiger partial charge >= 0.3 is 0 Å². The third kappa shape index (κ3) is 6.44. The minimum absolute atomic E-state index is 0.620. The van der Waals surface area contributed by atoms with E-state index >= 15 is 0 Å². The Morgan fingerprint density at radius 3 is 3.00 bits per heavy atom.